The lowest BCUT2D eigenvalue weighted by atomic mass is 9.88. The zero-order valence-corrected chi connectivity index (χ0v) is 12.6. The SMILES string of the molecule is O[C@@H]1CN(Cc2cscn2)CC[C@@H]1Cc1cccc(F)c1. The Balaban J connectivity index is 1.56. The third-order valence-corrected chi connectivity index (χ3v) is 4.70. The van der Waals surface area contributed by atoms with Crippen molar-refractivity contribution in [3.8, 4) is 0 Å². The highest BCUT2D eigenvalue weighted by Gasteiger charge is 2.28. The van der Waals surface area contributed by atoms with Gasteiger partial charge in [-0.1, -0.05) is 12.1 Å². The van der Waals surface area contributed by atoms with Gasteiger partial charge in [-0.25, -0.2) is 9.37 Å². The Morgan fingerprint density at radius 2 is 2.33 bits per heavy atom. The van der Waals surface area contributed by atoms with E-state index in [2.05, 4.69) is 9.88 Å². The summed E-state index contributed by atoms with van der Waals surface area (Å²) in [4.78, 5) is 6.52. The van der Waals surface area contributed by atoms with Crippen LogP contribution < -0.4 is 0 Å². The summed E-state index contributed by atoms with van der Waals surface area (Å²) in [5, 5.41) is 12.4. The van der Waals surface area contributed by atoms with Crippen molar-refractivity contribution < 1.29 is 9.50 Å². The van der Waals surface area contributed by atoms with Gasteiger partial charge in [0, 0.05) is 18.5 Å². The monoisotopic (exact) mass is 306 g/mol. The average Bonchev–Trinajstić information content (AvgIpc) is 2.95. The van der Waals surface area contributed by atoms with E-state index in [-0.39, 0.29) is 17.8 Å². The second-order valence-corrected chi connectivity index (χ2v) is 6.38. The van der Waals surface area contributed by atoms with Gasteiger partial charge in [0.05, 0.1) is 17.3 Å². The molecule has 1 aliphatic rings. The van der Waals surface area contributed by atoms with Gasteiger partial charge in [-0.05, 0) is 43.0 Å². The lowest BCUT2D eigenvalue weighted by Gasteiger charge is -2.35. The minimum atomic E-state index is -0.361. The van der Waals surface area contributed by atoms with Crippen LogP contribution in [0.1, 0.15) is 17.7 Å². The van der Waals surface area contributed by atoms with E-state index in [1.807, 2.05) is 17.0 Å². The Kier molecular flexibility index (Phi) is 4.63. The number of benzene rings is 1. The summed E-state index contributed by atoms with van der Waals surface area (Å²) in [6.07, 6.45) is 1.31. The Morgan fingerprint density at radius 3 is 3.05 bits per heavy atom. The van der Waals surface area contributed by atoms with Gasteiger partial charge in [0.1, 0.15) is 5.82 Å². The van der Waals surface area contributed by atoms with Gasteiger partial charge in [0.2, 0.25) is 0 Å². The summed E-state index contributed by atoms with van der Waals surface area (Å²) in [6.45, 7) is 2.42. The maximum atomic E-state index is 13.2. The van der Waals surface area contributed by atoms with E-state index in [0.29, 0.717) is 6.54 Å². The molecule has 1 saturated heterocycles. The number of likely N-dealkylation sites (tertiary alicyclic amines) is 1. The fourth-order valence-electron chi connectivity index (χ4n) is 2.94. The zero-order valence-electron chi connectivity index (χ0n) is 11.8. The smallest absolute Gasteiger partial charge is 0.123 e. The second kappa shape index (κ2) is 6.64. The first-order valence-electron chi connectivity index (χ1n) is 7.22. The van der Waals surface area contributed by atoms with E-state index < -0.39 is 0 Å². The standard InChI is InChI=1S/C16H19FN2OS/c17-14-3-1-2-12(7-14)6-13-4-5-19(9-16(13)20)8-15-10-21-11-18-15/h1-3,7,10-11,13,16,20H,4-6,8-9H2/t13-,16-/m1/s1. The molecule has 1 aromatic carbocycles. The Labute approximate surface area is 128 Å². The normalized spacial score (nSPS) is 23.3. The molecule has 0 spiro atoms. The molecule has 3 rings (SSSR count). The molecule has 5 heteroatoms. The summed E-state index contributed by atoms with van der Waals surface area (Å²) < 4.78 is 13.2. The van der Waals surface area contributed by atoms with Crippen LogP contribution in [0.25, 0.3) is 0 Å². The molecule has 1 fully saturated rings. The maximum Gasteiger partial charge on any atom is 0.123 e. The van der Waals surface area contributed by atoms with E-state index in [1.54, 1.807) is 23.5 Å². The molecule has 0 bridgehead atoms. The second-order valence-electron chi connectivity index (χ2n) is 5.67. The molecule has 0 aliphatic carbocycles. The summed E-state index contributed by atoms with van der Waals surface area (Å²) in [6, 6.07) is 6.68. The van der Waals surface area contributed by atoms with Crippen LogP contribution in [0.5, 0.6) is 0 Å². The number of halogens is 1. The number of aromatic nitrogens is 1. The van der Waals surface area contributed by atoms with Crippen LogP contribution >= 0.6 is 11.3 Å². The lowest BCUT2D eigenvalue weighted by molar-refractivity contribution is 0.0183. The molecule has 2 heterocycles. The highest BCUT2D eigenvalue weighted by molar-refractivity contribution is 7.07. The third-order valence-electron chi connectivity index (χ3n) is 4.06. The molecule has 0 amide bonds. The van der Waals surface area contributed by atoms with Gasteiger partial charge in [0.25, 0.3) is 0 Å². The lowest BCUT2D eigenvalue weighted by Crippen LogP contribution is -2.44. The molecule has 3 nitrogen and oxygen atoms in total. The highest BCUT2D eigenvalue weighted by Crippen LogP contribution is 2.23. The molecule has 0 radical (unpaired) electrons. The van der Waals surface area contributed by atoms with Crippen molar-refractivity contribution in [1.29, 1.82) is 0 Å². The van der Waals surface area contributed by atoms with Crippen LogP contribution in [0.4, 0.5) is 4.39 Å². The summed E-state index contributed by atoms with van der Waals surface area (Å²) in [5.41, 5.74) is 3.87. The van der Waals surface area contributed by atoms with Crippen molar-refractivity contribution in [2.24, 2.45) is 5.92 Å². The van der Waals surface area contributed by atoms with Crippen molar-refractivity contribution in [3.63, 3.8) is 0 Å². The quantitative estimate of drug-likeness (QED) is 0.943. The molecular formula is C16H19FN2OS. The Bertz CT molecular complexity index is 575. The van der Waals surface area contributed by atoms with Gasteiger partial charge in [0.15, 0.2) is 0 Å². The molecular weight excluding hydrogens is 287 g/mol. The van der Waals surface area contributed by atoms with Crippen molar-refractivity contribution in [2.75, 3.05) is 13.1 Å². The van der Waals surface area contributed by atoms with E-state index in [9.17, 15) is 9.50 Å². The summed E-state index contributed by atoms with van der Waals surface area (Å²) in [7, 11) is 0. The number of thiazole rings is 1. The molecule has 1 aromatic heterocycles. The van der Waals surface area contributed by atoms with Crippen LogP contribution in [0.3, 0.4) is 0 Å². The summed E-state index contributed by atoms with van der Waals surface area (Å²) in [5.74, 6) is 0.00134. The number of hydrogen-bond acceptors (Lipinski definition) is 4. The highest BCUT2D eigenvalue weighted by atomic mass is 32.1. The molecule has 1 N–H and O–H groups in total. The molecule has 0 unspecified atom stereocenters. The van der Waals surface area contributed by atoms with Gasteiger partial charge >= 0.3 is 0 Å². The van der Waals surface area contributed by atoms with Crippen molar-refractivity contribution in [2.45, 2.75) is 25.5 Å². The van der Waals surface area contributed by atoms with Crippen molar-refractivity contribution >= 4 is 11.3 Å². The number of nitrogens with zero attached hydrogens (tertiary/aromatic N) is 2. The number of hydrogen-bond donors (Lipinski definition) is 1. The van der Waals surface area contributed by atoms with Crippen LogP contribution in [0.15, 0.2) is 35.2 Å². The van der Waals surface area contributed by atoms with E-state index in [4.69, 9.17) is 0 Å². The van der Waals surface area contributed by atoms with Gasteiger partial charge in [-0.15, -0.1) is 11.3 Å². The Morgan fingerprint density at radius 1 is 1.43 bits per heavy atom. The summed E-state index contributed by atoms with van der Waals surface area (Å²) >= 11 is 1.60. The predicted molar refractivity (Wildman–Crippen MR) is 81.6 cm³/mol. The number of aliphatic hydroxyl groups excluding tert-OH is 1. The number of β-amino-alcohol motifs (C(OH)–C–C–N with tert-alkyl or cyclic N) is 1. The third kappa shape index (κ3) is 3.87. The fourth-order valence-corrected chi connectivity index (χ4v) is 3.49. The van der Waals surface area contributed by atoms with Gasteiger partial charge < -0.3 is 5.11 Å². The molecule has 21 heavy (non-hydrogen) atoms. The molecule has 2 atom stereocenters. The van der Waals surface area contributed by atoms with Crippen LogP contribution in [0.2, 0.25) is 0 Å². The van der Waals surface area contributed by atoms with Crippen LogP contribution in [-0.4, -0.2) is 34.2 Å². The first kappa shape index (κ1) is 14.6. The molecule has 2 aromatic rings. The first-order chi connectivity index (χ1) is 10.2. The number of rotatable bonds is 4. The topological polar surface area (TPSA) is 36.4 Å². The average molecular weight is 306 g/mol. The van der Waals surface area contributed by atoms with Crippen LogP contribution in [-0.2, 0) is 13.0 Å². The van der Waals surface area contributed by atoms with Gasteiger partial charge in [-0.2, -0.15) is 0 Å². The Hall–Kier alpha value is -1.30. The predicted octanol–water partition coefficient (Wildman–Crippen LogP) is 2.71. The molecule has 1 aliphatic heterocycles. The van der Waals surface area contributed by atoms with Gasteiger partial charge in [-0.3, -0.25) is 4.90 Å². The fraction of sp³-hybridized carbons (Fsp3) is 0.438. The van der Waals surface area contributed by atoms with E-state index >= 15 is 0 Å². The van der Waals surface area contributed by atoms with E-state index in [1.165, 1.54) is 6.07 Å². The van der Waals surface area contributed by atoms with Crippen molar-refractivity contribution in [1.82, 2.24) is 9.88 Å². The minimum Gasteiger partial charge on any atom is -0.391 e. The van der Waals surface area contributed by atoms with Crippen molar-refractivity contribution in [3.05, 3.63) is 52.2 Å². The molecule has 112 valence electrons. The minimum absolute atomic E-state index is 0.206. The zero-order chi connectivity index (χ0) is 14.7. The number of aliphatic hydroxyl groups is 1. The maximum absolute atomic E-state index is 13.2. The molecule has 0 saturated carbocycles. The van der Waals surface area contributed by atoms with Crippen LogP contribution in [0, 0.1) is 11.7 Å². The number of piperidine rings is 1. The first-order valence-corrected chi connectivity index (χ1v) is 8.17. The van der Waals surface area contributed by atoms with E-state index in [0.717, 1.165) is 37.2 Å². The largest absolute Gasteiger partial charge is 0.391 e.